The average Bonchev–Trinajstić information content (AvgIpc) is 2.77. The van der Waals surface area contributed by atoms with E-state index in [1.807, 2.05) is 0 Å². The van der Waals surface area contributed by atoms with E-state index in [1.54, 1.807) is 14.2 Å². The molecule has 3 atom stereocenters. The number of methoxy groups -OCH3 is 2. The maximum atomic E-state index is 5.70. The van der Waals surface area contributed by atoms with Crippen molar-refractivity contribution in [1.29, 1.82) is 0 Å². The SMILES string of the molecule is CCc1c(C[C@]2(I)CCCC(C)C2C)c2cc(S)c(OC)cc2c2cc(OC)c(C)cc12. The summed E-state index contributed by atoms with van der Waals surface area (Å²) in [7, 11) is 3.48. The highest BCUT2D eigenvalue weighted by molar-refractivity contribution is 14.1. The molecule has 0 aromatic heterocycles. The number of hydrogen-bond acceptors (Lipinski definition) is 3. The Kier molecular flexibility index (Phi) is 6.94. The van der Waals surface area contributed by atoms with Crippen LogP contribution >= 0.6 is 35.2 Å². The molecule has 1 aliphatic carbocycles. The molecule has 32 heavy (non-hydrogen) atoms. The van der Waals surface area contributed by atoms with E-state index in [0.717, 1.165) is 35.2 Å². The van der Waals surface area contributed by atoms with E-state index in [2.05, 4.69) is 74.6 Å². The van der Waals surface area contributed by atoms with Gasteiger partial charge < -0.3 is 9.47 Å². The van der Waals surface area contributed by atoms with Crippen LogP contribution in [0.1, 0.15) is 56.7 Å². The van der Waals surface area contributed by atoms with Crippen molar-refractivity contribution in [3.63, 3.8) is 0 Å². The monoisotopic (exact) mass is 562 g/mol. The van der Waals surface area contributed by atoms with E-state index in [1.165, 1.54) is 57.5 Å². The quantitative estimate of drug-likeness (QED) is 0.146. The number of halogens is 1. The van der Waals surface area contributed by atoms with Crippen molar-refractivity contribution in [2.24, 2.45) is 11.8 Å². The second-order valence-corrected chi connectivity index (χ2v) is 12.2. The van der Waals surface area contributed by atoms with Crippen molar-refractivity contribution in [3.05, 3.63) is 41.0 Å². The Morgan fingerprint density at radius 3 is 2.22 bits per heavy atom. The fourth-order valence-corrected chi connectivity index (χ4v) is 7.43. The van der Waals surface area contributed by atoms with Crippen LogP contribution in [0, 0.1) is 18.8 Å². The molecule has 2 nitrogen and oxygen atoms in total. The van der Waals surface area contributed by atoms with Gasteiger partial charge in [0.1, 0.15) is 11.5 Å². The molecule has 3 aromatic carbocycles. The van der Waals surface area contributed by atoms with Crippen molar-refractivity contribution in [2.75, 3.05) is 14.2 Å². The molecular weight excluding hydrogens is 527 g/mol. The van der Waals surface area contributed by atoms with Gasteiger partial charge in [-0.15, -0.1) is 12.6 Å². The van der Waals surface area contributed by atoms with Crippen molar-refractivity contribution in [3.8, 4) is 11.5 Å². The number of benzene rings is 3. The van der Waals surface area contributed by atoms with E-state index >= 15 is 0 Å². The van der Waals surface area contributed by atoms with Gasteiger partial charge in [0.2, 0.25) is 0 Å². The number of aryl methyl sites for hydroxylation is 2. The van der Waals surface area contributed by atoms with E-state index < -0.39 is 0 Å². The van der Waals surface area contributed by atoms with Gasteiger partial charge in [-0.05, 0) is 101 Å². The topological polar surface area (TPSA) is 18.5 Å². The van der Waals surface area contributed by atoms with E-state index in [4.69, 9.17) is 22.1 Å². The minimum Gasteiger partial charge on any atom is -0.496 e. The Morgan fingerprint density at radius 2 is 1.59 bits per heavy atom. The van der Waals surface area contributed by atoms with Crippen LogP contribution in [0.4, 0.5) is 0 Å². The van der Waals surface area contributed by atoms with Gasteiger partial charge in [-0.1, -0.05) is 56.2 Å². The zero-order valence-corrected chi connectivity index (χ0v) is 23.2. The van der Waals surface area contributed by atoms with Crippen molar-refractivity contribution >= 4 is 56.8 Å². The van der Waals surface area contributed by atoms with Crippen molar-refractivity contribution < 1.29 is 9.47 Å². The highest BCUT2D eigenvalue weighted by Crippen LogP contribution is 2.49. The molecule has 0 heterocycles. The van der Waals surface area contributed by atoms with Gasteiger partial charge in [-0.3, -0.25) is 0 Å². The molecule has 1 fully saturated rings. The Hall–Kier alpha value is -1.14. The largest absolute Gasteiger partial charge is 0.496 e. The molecule has 1 aliphatic rings. The van der Waals surface area contributed by atoms with E-state index in [9.17, 15) is 0 Å². The molecule has 172 valence electrons. The summed E-state index contributed by atoms with van der Waals surface area (Å²) < 4.78 is 11.6. The lowest BCUT2D eigenvalue weighted by Crippen LogP contribution is -2.39. The fourth-order valence-electron chi connectivity index (χ4n) is 5.76. The highest BCUT2D eigenvalue weighted by atomic mass is 127. The van der Waals surface area contributed by atoms with E-state index in [-0.39, 0.29) is 3.42 Å². The Balaban J connectivity index is 2.07. The van der Waals surface area contributed by atoms with Crippen molar-refractivity contribution in [1.82, 2.24) is 0 Å². The lowest BCUT2D eigenvalue weighted by molar-refractivity contribution is 0.223. The van der Waals surface area contributed by atoms with Crippen molar-refractivity contribution in [2.45, 2.75) is 68.1 Å². The van der Waals surface area contributed by atoms with Gasteiger partial charge in [0.05, 0.1) is 14.2 Å². The molecule has 0 spiro atoms. The third-order valence-electron chi connectivity index (χ3n) is 7.90. The predicted molar refractivity (Wildman–Crippen MR) is 149 cm³/mol. The molecule has 0 aliphatic heterocycles. The second kappa shape index (κ2) is 9.25. The molecule has 4 rings (SSSR count). The summed E-state index contributed by atoms with van der Waals surface area (Å²) in [4.78, 5) is 0.897. The number of hydrogen-bond donors (Lipinski definition) is 1. The zero-order chi connectivity index (χ0) is 23.2. The molecule has 0 saturated heterocycles. The second-order valence-electron chi connectivity index (χ2n) is 9.62. The first-order chi connectivity index (χ1) is 15.2. The third-order valence-corrected chi connectivity index (χ3v) is 10.2. The third kappa shape index (κ3) is 4.00. The minimum absolute atomic E-state index is 0.276. The number of fused-ring (bicyclic) bond motifs is 3. The number of thiol groups is 1. The molecule has 1 saturated carbocycles. The fraction of sp³-hybridized carbons (Fsp3) is 0.500. The smallest absolute Gasteiger partial charge is 0.132 e. The lowest BCUT2D eigenvalue weighted by atomic mass is 9.70. The summed E-state index contributed by atoms with van der Waals surface area (Å²) in [6.45, 7) is 9.33. The minimum atomic E-state index is 0.276. The Labute approximate surface area is 212 Å². The summed E-state index contributed by atoms with van der Waals surface area (Å²) in [6.07, 6.45) is 6.07. The van der Waals surface area contributed by atoms with E-state index in [0.29, 0.717) is 5.92 Å². The Morgan fingerprint density at radius 1 is 0.969 bits per heavy atom. The molecule has 0 bridgehead atoms. The van der Waals surface area contributed by atoms with Gasteiger partial charge in [0, 0.05) is 8.32 Å². The summed E-state index contributed by atoms with van der Waals surface area (Å²) in [5.74, 6) is 3.21. The van der Waals surface area contributed by atoms with Gasteiger partial charge in [0.25, 0.3) is 0 Å². The number of alkyl halides is 1. The first-order valence-electron chi connectivity index (χ1n) is 11.8. The van der Waals surface area contributed by atoms with Crippen LogP contribution in [0.5, 0.6) is 11.5 Å². The maximum absolute atomic E-state index is 5.70. The van der Waals surface area contributed by atoms with Gasteiger partial charge in [-0.25, -0.2) is 0 Å². The van der Waals surface area contributed by atoms with Crippen LogP contribution in [-0.4, -0.2) is 17.6 Å². The van der Waals surface area contributed by atoms with Gasteiger partial charge >= 0.3 is 0 Å². The number of rotatable bonds is 5. The average molecular weight is 563 g/mol. The highest BCUT2D eigenvalue weighted by Gasteiger charge is 2.40. The van der Waals surface area contributed by atoms with Crippen LogP contribution in [-0.2, 0) is 12.8 Å². The normalized spacial score (nSPS) is 23.6. The van der Waals surface area contributed by atoms with Crippen LogP contribution in [0.3, 0.4) is 0 Å². The van der Waals surface area contributed by atoms with Crippen LogP contribution < -0.4 is 9.47 Å². The standard InChI is InChI=1S/C28H35IO2S/c1-7-19-20-11-17(3)25(30-5)12-21(20)22-13-26(31-6)27(32)14-23(22)24(19)15-28(29)10-8-9-16(2)18(28)4/h11-14,16,18,32H,7-10,15H2,1-6H3/t16?,18?,28-/m1/s1. The molecule has 3 aromatic rings. The first kappa shape index (κ1) is 24.0. The zero-order valence-electron chi connectivity index (χ0n) is 20.1. The summed E-state index contributed by atoms with van der Waals surface area (Å²) in [5.41, 5.74) is 4.15. The summed E-state index contributed by atoms with van der Waals surface area (Å²) in [6, 6.07) is 8.93. The molecule has 2 unspecified atom stereocenters. The molecule has 4 heteroatoms. The summed E-state index contributed by atoms with van der Waals surface area (Å²) in [5, 5.41) is 5.13. The molecule has 0 N–H and O–H groups in total. The van der Waals surface area contributed by atoms with Gasteiger partial charge in [-0.2, -0.15) is 0 Å². The van der Waals surface area contributed by atoms with Crippen LogP contribution in [0.2, 0.25) is 0 Å². The predicted octanol–water partition coefficient (Wildman–Crippen LogP) is 8.34. The Bertz CT molecular complexity index is 1170. The lowest BCUT2D eigenvalue weighted by Gasteiger charge is -2.42. The van der Waals surface area contributed by atoms with Gasteiger partial charge in [0.15, 0.2) is 0 Å². The number of ether oxygens (including phenoxy) is 2. The maximum Gasteiger partial charge on any atom is 0.132 e. The first-order valence-corrected chi connectivity index (χ1v) is 13.3. The van der Waals surface area contributed by atoms with Crippen LogP contribution in [0.15, 0.2) is 29.2 Å². The van der Waals surface area contributed by atoms with Crippen LogP contribution in [0.25, 0.3) is 21.5 Å². The summed E-state index contributed by atoms with van der Waals surface area (Å²) >= 11 is 7.58. The molecule has 0 amide bonds. The molecule has 0 radical (unpaired) electrons. The molecular formula is C28H35IO2S.